The summed E-state index contributed by atoms with van der Waals surface area (Å²) in [7, 11) is 0. The second-order valence-corrected chi connectivity index (χ2v) is 5.58. The first kappa shape index (κ1) is 16.7. The van der Waals surface area contributed by atoms with Crippen LogP contribution in [0.5, 0.6) is 0 Å². The minimum Gasteiger partial charge on any atom is -0.452 e. The molecule has 2 aromatic carbocycles. The van der Waals surface area contributed by atoms with Gasteiger partial charge in [-0.2, -0.15) is 0 Å². The fraction of sp³-hybridized carbons (Fsp3) is 0.263. The molecule has 0 bridgehead atoms. The van der Waals surface area contributed by atoms with Crippen LogP contribution in [0, 0.1) is 13.8 Å². The van der Waals surface area contributed by atoms with E-state index in [4.69, 9.17) is 4.74 Å². The van der Waals surface area contributed by atoms with Crippen molar-refractivity contribution in [1.82, 2.24) is 0 Å². The second kappa shape index (κ2) is 7.58. The highest BCUT2D eigenvalue weighted by atomic mass is 16.5. The Morgan fingerprint density at radius 3 is 2.39 bits per heavy atom. The fourth-order valence-corrected chi connectivity index (χ4v) is 2.14. The van der Waals surface area contributed by atoms with E-state index in [0.29, 0.717) is 5.69 Å². The second-order valence-electron chi connectivity index (χ2n) is 5.58. The fourth-order valence-electron chi connectivity index (χ4n) is 2.14. The predicted molar refractivity (Wildman–Crippen MR) is 90.2 cm³/mol. The van der Waals surface area contributed by atoms with E-state index >= 15 is 0 Å². The summed E-state index contributed by atoms with van der Waals surface area (Å²) in [6.07, 6.45) is -0.682. The topological polar surface area (TPSA) is 55.4 Å². The maximum absolute atomic E-state index is 12.0. The molecule has 0 spiro atoms. The van der Waals surface area contributed by atoms with Gasteiger partial charge in [-0.15, -0.1) is 0 Å². The van der Waals surface area contributed by atoms with Crippen molar-refractivity contribution < 1.29 is 14.3 Å². The Morgan fingerprint density at radius 1 is 1.04 bits per heavy atom. The van der Waals surface area contributed by atoms with Gasteiger partial charge in [0.25, 0.3) is 5.91 Å². The van der Waals surface area contributed by atoms with Crippen LogP contribution in [0.25, 0.3) is 0 Å². The number of esters is 1. The monoisotopic (exact) mass is 311 g/mol. The highest BCUT2D eigenvalue weighted by molar-refractivity contribution is 5.95. The summed E-state index contributed by atoms with van der Waals surface area (Å²) in [5.74, 6) is -0.756. The zero-order valence-corrected chi connectivity index (χ0v) is 13.6. The summed E-state index contributed by atoms with van der Waals surface area (Å²) in [6, 6.07) is 14.9. The Kier molecular flexibility index (Phi) is 5.52. The maximum atomic E-state index is 12.0. The molecule has 0 saturated heterocycles. The average molecular weight is 311 g/mol. The number of carbonyl (C=O) groups excluding carboxylic acids is 2. The Labute approximate surface area is 136 Å². The third kappa shape index (κ3) is 4.95. The van der Waals surface area contributed by atoms with Crippen LogP contribution in [0.1, 0.15) is 23.6 Å². The maximum Gasteiger partial charge on any atom is 0.311 e. The minimum atomic E-state index is -0.839. The molecule has 120 valence electrons. The molecule has 1 atom stereocenters. The molecule has 2 aromatic rings. The molecule has 0 aromatic heterocycles. The number of hydrogen-bond acceptors (Lipinski definition) is 3. The molecule has 1 N–H and O–H groups in total. The Bertz CT molecular complexity index is 695. The van der Waals surface area contributed by atoms with Gasteiger partial charge in [0.05, 0.1) is 6.42 Å². The molecule has 0 aliphatic rings. The van der Waals surface area contributed by atoms with Gasteiger partial charge < -0.3 is 10.1 Å². The first-order valence-electron chi connectivity index (χ1n) is 7.57. The summed E-state index contributed by atoms with van der Waals surface area (Å²) in [6.45, 7) is 5.59. The smallest absolute Gasteiger partial charge is 0.311 e. The zero-order chi connectivity index (χ0) is 16.8. The zero-order valence-electron chi connectivity index (χ0n) is 13.6. The van der Waals surface area contributed by atoms with E-state index in [1.54, 1.807) is 19.1 Å². The van der Waals surface area contributed by atoms with Gasteiger partial charge in [-0.1, -0.05) is 36.4 Å². The Hall–Kier alpha value is -2.62. The van der Waals surface area contributed by atoms with E-state index in [1.807, 2.05) is 50.2 Å². The molecule has 0 radical (unpaired) electrons. The van der Waals surface area contributed by atoms with Crippen molar-refractivity contribution in [1.29, 1.82) is 0 Å². The summed E-state index contributed by atoms with van der Waals surface area (Å²) >= 11 is 0. The minimum absolute atomic E-state index is 0.157. The first-order valence-corrected chi connectivity index (χ1v) is 7.57. The molecule has 0 aliphatic heterocycles. The summed E-state index contributed by atoms with van der Waals surface area (Å²) in [5, 5.41) is 2.71. The molecular weight excluding hydrogens is 290 g/mol. The van der Waals surface area contributed by atoms with E-state index in [2.05, 4.69) is 5.32 Å². The van der Waals surface area contributed by atoms with Crippen LogP contribution < -0.4 is 5.32 Å². The number of carbonyl (C=O) groups is 2. The van der Waals surface area contributed by atoms with Gasteiger partial charge in [0, 0.05) is 5.69 Å². The number of ether oxygens (including phenoxy) is 1. The molecule has 0 unspecified atom stereocenters. The van der Waals surface area contributed by atoms with Gasteiger partial charge in [0.15, 0.2) is 6.10 Å². The van der Waals surface area contributed by atoms with Gasteiger partial charge in [-0.05, 0) is 49.6 Å². The SMILES string of the molecule is Cc1ccc(CC(=O)O[C@H](C)C(=O)Nc2ccccc2)cc1C. The predicted octanol–water partition coefficient (Wildman–Crippen LogP) is 3.42. The number of anilines is 1. The molecule has 23 heavy (non-hydrogen) atoms. The van der Waals surface area contributed by atoms with Crippen molar-refractivity contribution in [3.8, 4) is 0 Å². The number of amides is 1. The van der Waals surface area contributed by atoms with Gasteiger partial charge in [-0.3, -0.25) is 9.59 Å². The molecule has 1 amide bonds. The molecule has 2 rings (SSSR count). The average Bonchev–Trinajstić information content (AvgIpc) is 2.51. The van der Waals surface area contributed by atoms with Crippen molar-refractivity contribution in [2.75, 3.05) is 5.32 Å². The van der Waals surface area contributed by atoms with Crippen LogP contribution in [-0.2, 0) is 20.7 Å². The van der Waals surface area contributed by atoms with Crippen LogP contribution in [0.2, 0.25) is 0 Å². The van der Waals surface area contributed by atoms with Gasteiger partial charge in [0.1, 0.15) is 0 Å². The molecule has 0 heterocycles. The third-order valence-electron chi connectivity index (χ3n) is 3.64. The summed E-state index contributed by atoms with van der Waals surface area (Å²) < 4.78 is 5.21. The van der Waals surface area contributed by atoms with Gasteiger partial charge in [-0.25, -0.2) is 0 Å². The molecular formula is C19H21NO3. The van der Waals surface area contributed by atoms with Crippen molar-refractivity contribution >= 4 is 17.6 Å². The lowest BCUT2D eigenvalue weighted by Gasteiger charge is -2.14. The number of rotatable bonds is 5. The van der Waals surface area contributed by atoms with Gasteiger partial charge >= 0.3 is 5.97 Å². The standard InChI is InChI=1S/C19H21NO3/c1-13-9-10-16(11-14(13)2)12-18(21)23-15(3)19(22)20-17-7-5-4-6-8-17/h4-11,15H,12H2,1-3H3,(H,20,22)/t15-/m1/s1. The van der Waals surface area contributed by atoms with E-state index in [0.717, 1.165) is 11.1 Å². The largest absolute Gasteiger partial charge is 0.452 e. The number of hydrogen-bond donors (Lipinski definition) is 1. The molecule has 4 heteroatoms. The van der Waals surface area contributed by atoms with Crippen LogP contribution >= 0.6 is 0 Å². The number of nitrogens with one attached hydrogen (secondary N) is 1. The normalized spacial score (nSPS) is 11.6. The summed E-state index contributed by atoms with van der Waals surface area (Å²) in [5.41, 5.74) is 3.87. The van der Waals surface area contributed by atoms with Crippen LogP contribution in [-0.4, -0.2) is 18.0 Å². The third-order valence-corrected chi connectivity index (χ3v) is 3.64. The lowest BCUT2D eigenvalue weighted by atomic mass is 10.0. The first-order chi connectivity index (χ1) is 11.0. The van der Waals surface area contributed by atoms with Crippen LogP contribution in [0.3, 0.4) is 0 Å². The van der Waals surface area contributed by atoms with Crippen molar-refractivity contribution in [3.05, 3.63) is 65.2 Å². The van der Waals surface area contributed by atoms with E-state index in [9.17, 15) is 9.59 Å². The number of aryl methyl sites for hydroxylation is 2. The van der Waals surface area contributed by atoms with Crippen molar-refractivity contribution in [3.63, 3.8) is 0 Å². The lowest BCUT2D eigenvalue weighted by molar-refractivity contribution is -0.152. The Morgan fingerprint density at radius 2 is 1.74 bits per heavy atom. The number of benzene rings is 2. The van der Waals surface area contributed by atoms with E-state index in [1.165, 1.54) is 5.56 Å². The molecule has 0 fully saturated rings. The van der Waals surface area contributed by atoms with Crippen LogP contribution in [0.15, 0.2) is 48.5 Å². The van der Waals surface area contributed by atoms with Crippen molar-refractivity contribution in [2.24, 2.45) is 0 Å². The molecule has 0 aliphatic carbocycles. The van der Waals surface area contributed by atoms with Crippen LogP contribution in [0.4, 0.5) is 5.69 Å². The van der Waals surface area contributed by atoms with E-state index < -0.39 is 12.1 Å². The van der Waals surface area contributed by atoms with Gasteiger partial charge in [0.2, 0.25) is 0 Å². The van der Waals surface area contributed by atoms with E-state index in [-0.39, 0.29) is 12.3 Å². The van der Waals surface area contributed by atoms with Crippen molar-refractivity contribution in [2.45, 2.75) is 33.3 Å². The quantitative estimate of drug-likeness (QED) is 0.861. The Balaban J connectivity index is 1.88. The lowest BCUT2D eigenvalue weighted by Crippen LogP contribution is -2.30. The highest BCUT2D eigenvalue weighted by Crippen LogP contribution is 2.12. The molecule has 0 saturated carbocycles. The summed E-state index contributed by atoms with van der Waals surface area (Å²) in [4.78, 5) is 24.0. The highest BCUT2D eigenvalue weighted by Gasteiger charge is 2.18. The molecule has 4 nitrogen and oxygen atoms in total. The number of para-hydroxylation sites is 1.